The molecule has 0 aromatic rings. The summed E-state index contributed by atoms with van der Waals surface area (Å²) in [5.41, 5.74) is 5.70. The van der Waals surface area contributed by atoms with Gasteiger partial charge in [0.25, 0.3) is 0 Å². The number of allylic oxidation sites excluding steroid dienone is 1. The van der Waals surface area contributed by atoms with Crippen LogP contribution in [0.2, 0.25) is 0 Å². The van der Waals surface area contributed by atoms with Crippen LogP contribution in [0.15, 0.2) is 14.4 Å². The topological polar surface area (TPSA) is 24.8 Å². The lowest BCUT2D eigenvalue weighted by Crippen LogP contribution is -2.49. The molecule has 2 heterocycles. The highest BCUT2D eigenvalue weighted by atomic mass is 127. The van der Waals surface area contributed by atoms with Gasteiger partial charge >= 0.3 is 0 Å². The molecule has 6 aliphatic rings. The summed E-state index contributed by atoms with van der Waals surface area (Å²) in [4.78, 5) is 2.64. The number of piperidine rings is 1. The third-order valence-electron chi connectivity index (χ3n) is 11.9. The minimum absolute atomic E-state index is 0.0855. The van der Waals surface area contributed by atoms with Crippen LogP contribution in [0.1, 0.15) is 91.9 Å². The van der Waals surface area contributed by atoms with Crippen molar-refractivity contribution in [1.82, 2.24) is 4.90 Å². The summed E-state index contributed by atoms with van der Waals surface area (Å²) in [7, 11) is 2.35. The zero-order valence-electron chi connectivity index (χ0n) is 21.6. The van der Waals surface area contributed by atoms with E-state index in [1.54, 1.807) is 5.57 Å². The second-order valence-electron chi connectivity index (χ2n) is 13.5. The van der Waals surface area contributed by atoms with Crippen LogP contribution >= 0.6 is 22.9 Å². The molecule has 33 heavy (non-hydrogen) atoms. The van der Waals surface area contributed by atoms with Crippen molar-refractivity contribution < 1.29 is 4.74 Å². The summed E-state index contributed by atoms with van der Waals surface area (Å²) >= 11 is 2.24. The molecule has 0 aromatic carbocycles. The molecule has 2 aliphatic heterocycles. The van der Waals surface area contributed by atoms with Crippen LogP contribution in [0.4, 0.5) is 0 Å². The molecule has 0 N–H and O–H groups in total. The molecule has 0 unspecified atom stereocenters. The number of hydrogen-bond acceptors (Lipinski definition) is 3. The van der Waals surface area contributed by atoms with Crippen molar-refractivity contribution in [2.45, 2.75) is 110 Å². The number of likely N-dealkylation sites (tertiary alicyclic amines) is 1. The Labute approximate surface area is 216 Å². The molecule has 0 bridgehead atoms. The smallest absolute Gasteiger partial charge is 0.0830 e. The fourth-order valence-electron chi connectivity index (χ4n) is 10.3. The second-order valence-corrected chi connectivity index (χ2v) is 14.0. The number of ether oxygens (including phenoxy) is 1. The number of hydrogen-bond donors (Lipinski definition) is 0. The third kappa shape index (κ3) is 3.49. The highest BCUT2D eigenvalue weighted by molar-refractivity contribution is 14.1. The lowest BCUT2D eigenvalue weighted by Gasteiger charge is -2.52. The molecule has 3 nitrogen and oxygen atoms in total. The molecule has 3 saturated carbocycles. The summed E-state index contributed by atoms with van der Waals surface area (Å²) in [6, 6.07) is 0.620. The Morgan fingerprint density at radius 3 is 2.73 bits per heavy atom. The molecule has 1 spiro atoms. The van der Waals surface area contributed by atoms with E-state index in [9.17, 15) is 0 Å². The standard InChI is InChI=1S/C29H45IN2O/c1-17-12-26-27(32(5)16-17)19(3)29(33-26)11-9-22-23-7-6-20-13-21(31-30)8-10-28(20,4)25(23)14-24(22)18(2)15-29/h17,19-20,22-23,25-27H,6-16H2,1-5H3/b31-21+/t17-,19+,20+,22-,23-,25-,26+,27-,28-,29-/m0/s1. The SMILES string of the molecule is CC1=C2C[C@H]3[C@@H](CC[C@@H]4C/C(=N/I)CC[C@@]43C)[C@@H]2CC[C@@]2(C1)O[C@@H]1C[C@H](C)CN(C)[C@H]1[C@H]2C. The maximum absolute atomic E-state index is 7.14. The largest absolute Gasteiger partial charge is 0.369 e. The molecular formula is C29H45IN2O. The lowest BCUT2D eigenvalue weighted by atomic mass is 9.52. The Morgan fingerprint density at radius 2 is 1.94 bits per heavy atom. The number of likely N-dealkylation sites (N-methyl/N-ethyl adjacent to an activating group) is 1. The summed E-state index contributed by atoms with van der Waals surface area (Å²) in [6.45, 7) is 11.3. The van der Waals surface area contributed by atoms with Gasteiger partial charge in [0.05, 0.1) is 34.6 Å². The highest BCUT2D eigenvalue weighted by Crippen LogP contribution is 2.65. The Kier molecular flexibility index (Phi) is 5.90. The van der Waals surface area contributed by atoms with Crippen molar-refractivity contribution in [3.05, 3.63) is 11.1 Å². The maximum atomic E-state index is 7.14. The normalized spacial score (nSPS) is 53.6. The third-order valence-corrected chi connectivity index (χ3v) is 12.6. The van der Waals surface area contributed by atoms with Crippen molar-refractivity contribution in [2.75, 3.05) is 13.6 Å². The highest BCUT2D eigenvalue weighted by Gasteiger charge is 2.59. The van der Waals surface area contributed by atoms with Crippen molar-refractivity contribution in [3.63, 3.8) is 0 Å². The van der Waals surface area contributed by atoms with E-state index in [-0.39, 0.29) is 5.60 Å². The summed E-state index contributed by atoms with van der Waals surface area (Å²) in [5.74, 6) is 4.94. The van der Waals surface area contributed by atoms with Gasteiger partial charge < -0.3 is 9.64 Å². The summed E-state index contributed by atoms with van der Waals surface area (Å²) in [5, 5.41) is 0. The molecular weight excluding hydrogens is 519 g/mol. The van der Waals surface area contributed by atoms with E-state index < -0.39 is 0 Å². The molecule has 0 amide bonds. The van der Waals surface area contributed by atoms with E-state index in [4.69, 9.17) is 4.74 Å². The van der Waals surface area contributed by atoms with E-state index in [1.165, 1.54) is 76.5 Å². The van der Waals surface area contributed by atoms with Crippen LogP contribution < -0.4 is 0 Å². The number of rotatable bonds is 0. The van der Waals surface area contributed by atoms with Gasteiger partial charge in [-0.3, -0.25) is 0 Å². The fourth-order valence-corrected chi connectivity index (χ4v) is 10.7. The van der Waals surface area contributed by atoms with Crippen LogP contribution in [-0.4, -0.2) is 42.0 Å². The van der Waals surface area contributed by atoms with Crippen LogP contribution in [0, 0.1) is 40.9 Å². The van der Waals surface area contributed by atoms with Crippen LogP contribution in [0.5, 0.6) is 0 Å². The van der Waals surface area contributed by atoms with Crippen molar-refractivity contribution >= 4 is 28.6 Å². The average molecular weight is 565 g/mol. The predicted octanol–water partition coefficient (Wildman–Crippen LogP) is 7.24. The summed E-state index contributed by atoms with van der Waals surface area (Å²) < 4.78 is 11.7. The first-order valence-corrected chi connectivity index (χ1v) is 15.0. The van der Waals surface area contributed by atoms with Crippen LogP contribution in [-0.2, 0) is 4.74 Å². The van der Waals surface area contributed by atoms with Gasteiger partial charge in [-0.15, -0.1) is 0 Å². The minimum Gasteiger partial charge on any atom is -0.369 e. The minimum atomic E-state index is 0.0855. The molecule has 184 valence electrons. The Hall–Kier alpha value is 0.0600. The van der Waals surface area contributed by atoms with Crippen molar-refractivity contribution in [3.8, 4) is 0 Å². The zero-order valence-corrected chi connectivity index (χ0v) is 23.7. The lowest BCUT2D eigenvalue weighted by molar-refractivity contribution is -0.0788. The second kappa shape index (κ2) is 8.30. The first-order chi connectivity index (χ1) is 15.8. The molecule has 10 atom stereocenters. The first-order valence-electron chi connectivity index (χ1n) is 14.0. The van der Waals surface area contributed by atoms with E-state index in [1.807, 2.05) is 5.57 Å². The van der Waals surface area contributed by atoms with E-state index in [2.05, 4.69) is 65.7 Å². The maximum Gasteiger partial charge on any atom is 0.0830 e. The number of nitrogens with zero attached hydrogens (tertiary/aromatic N) is 2. The molecule has 0 radical (unpaired) electrons. The Morgan fingerprint density at radius 1 is 1.12 bits per heavy atom. The molecule has 6 rings (SSSR count). The van der Waals surface area contributed by atoms with Gasteiger partial charge in [-0.25, -0.2) is 3.21 Å². The van der Waals surface area contributed by atoms with Gasteiger partial charge in [0.15, 0.2) is 0 Å². The first kappa shape index (κ1) is 23.5. The molecule has 2 saturated heterocycles. The van der Waals surface area contributed by atoms with E-state index >= 15 is 0 Å². The molecule has 4 aliphatic carbocycles. The quantitative estimate of drug-likeness (QED) is 0.229. The van der Waals surface area contributed by atoms with Gasteiger partial charge in [-0.05, 0) is 113 Å². The number of fused-ring (bicyclic) bond motifs is 6. The Bertz CT molecular complexity index is 868. The molecule has 0 aromatic heterocycles. The fraction of sp³-hybridized carbons (Fsp3) is 0.897. The predicted molar refractivity (Wildman–Crippen MR) is 145 cm³/mol. The summed E-state index contributed by atoms with van der Waals surface area (Å²) in [6.07, 6.45) is 13.7. The molecule has 4 heteroatoms. The van der Waals surface area contributed by atoms with Crippen LogP contribution in [0.25, 0.3) is 0 Å². The monoisotopic (exact) mass is 564 g/mol. The average Bonchev–Trinajstić information content (AvgIpc) is 3.23. The van der Waals surface area contributed by atoms with Gasteiger partial charge in [0.2, 0.25) is 0 Å². The Balaban J connectivity index is 1.27. The van der Waals surface area contributed by atoms with E-state index in [0.29, 0.717) is 23.5 Å². The van der Waals surface area contributed by atoms with Gasteiger partial charge in [0.1, 0.15) is 0 Å². The van der Waals surface area contributed by atoms with Crippen LogP contribution in [0.3, 0.4) is 0 Å². The molecule has 5 fully saturated rings. The van der Waals surface area contributed by atoms with Gasteiger partial charge in [-0.2, -0.15) is 0 Å². The van der Waals surface area contributed by atoms with Crippen molar-refractivity contribution in [1.29, 1.82) is 0 Å². The number of halogens is 1. The zero-order chi connectivity index (χ0) is 23.1. The van der Waals surface area contributed by atoms with E-state index in [0.717, 1.165) is 29.6 Å². The van der Waals surface area contributed by atoms with Gasteiger partial charge in [0, 0.05) is 24.2 Å². The van der Waals surface area contributed by atoms with Gasteiger partial charge in [-0.1, -0.05) is 31.9 Å². The van der Waals surface area contributed by atoms with Crippen molar-refractivity contribution in [2.24, 2.45) is 44.1 Å².